The Hall–Kier alpha value is -1.79. The van der Waals surface area contributed by atoms with Gasteiger partial charge < -0.3 is 19.1 Å². The average molecular weight is 374 g/mol. The summed E-state index contributed by atoms with van der Waals surface area (Å²) in [6.45, 7) is 5.37. The van der Waals surface area contributed by atoms with E-state index in [0.29, 0.717) is 25.7 Å². The molecule has 0 N–H and O–H groups in total. The van der Waals surface area contributed by atoms with Crippen LogP contribution in [0.15, 0.2) is 18.2 Å². The van der Waals surface area contributed by atoms with Crippen LogP contribution in [0.1, 0.15) is 37.3 Å². The summed E-state index contributed by atoms with van der Waals surface area (Å²) < 4.78 is 16.6. The highest BCUT2D eigenvalue weighted by Gasteiger charge is 2.32. The van der Waals surface area contributed by atoms with Crippen LogP contribution in [0.2, 0.25) is 0 Å². The molecule has 6 heteroatoms. The molecule has 0 aromatic heterocycles. The number of methoxy groups -OCH3 is 1. The molecule has 2 fully saturated rings. The predicted octanol–water partition coefficient (Wildman–Crippen LogP) is 2.48. The van der Waals surface area contributed by atoms with Gasteiger partial charge in [0.1, 0.15) is 13.2 Å². The molecule has 1 aromatic carbocycles. The van der Waals surface area contributed by atoms with E-state index in [4.69, 9.17) is 14.2 Å². The van der Waals surface area contributed by atoms with Crippen LogP contribution in [0.25, 0.3) is 0 Å². The van der Waals surface area contributed by atoms with Gasteiger partial charge in [0.2, 0.25) is 5.91 Å². The van der Waals surface area contributed by atoms with Gasteiger partial charge in [-0.3, -0.25) is 9.69 Å². The highest BCUT2D eigenvalue weighted by atomic mass is 16.6. The summed E-state index contributed by atoms with van der Waals surface area (Å²) in [6, 6.07) is 6.27. The quantitative estimate of drug-likeness (QED) is 0.793. The number of hydrogen-bond donors (Lipinski definition) is 0. The molecule has 1 atom stereocenters. The monoisotopic (exact) mass is 374 g/mol. The Morgan fingerprint density at radius 2 is 1.89 bits per heavy atom. The number of likely N-dealkylation sites (tertiary alicyclic amines) is 2. The normalized spacial score (nSPS) is 23.6. The second-order valence-electron chi connectivity index (χ2n) is 7.82. The lowest BCUT2D eigenvalue weighted by Gasteiger charge is -2.33. The van der Waals surface area contributed by atoms with Gasteiger partial charge in [-0.1, -0.05) is 6.07 Å². The third-order valence-corrected chi connectivity index (χ3v) is 5.99. The van der Waals surface area contributed by atoms with Crippen molar-refractivity contribution in [2.24, 2.45) is 5.92 Å². The molecule has 3 heterocycles. The van der Waals surface area contributed by atoms with E-state index in [1.54, 1.807) is 7.11 Å². The minimum Gasteiger partial charge on any atom is -0.486 e. The maximum Gasteiger partial charge on any atom is 0.237 e. The summed E-state index contributed by atoms with van der Waals surface area (Å²) in [6.07, 6.45) is 4.31. The number of ether oxygens (including phenoxy) is 3. The van der Waals surface area contributed by atoms with Crippen molar-refractivity contribution >= 4 is 5.91 Å². The van der Waals surface area contributed by atoms with E-state index in [-0.39, 0.29) is 11.9 Å². The molecule has 27 heavy (non-hydrogen) atoms. The molecule has 0 saturated carbocycles. The van der Waals surface area contributed by atoms with Crippen molar-refractivity contribution in [2.75, 3.05) is 53.1 Å². The van der Waals surface area contributed by atoms with Gasteiger partial charge in [0.05, 0.1) is 12.6 Å². The Morgan fingerprint density at radius 1 is 1.11 bits per heavy atom. The topological polar surface area (TPSA) is 51.2 Å². The number of hydrogen-bond acceptors (Lipinski definition) is 5. The number of piperidine rings is 1. The molecule has 0 unspecified atom stereocenters. The van der Waals surface area contributed by atoms with Crippen LogP contribution in [0.5, 0.6) is 11.5 Å². The second kappa shape index (κ2) is 8.48. The molecule has 3 aliphatic rings. The van der Waals surface area contributed by atoms with E-state index < -0.39 is 0 Å². The molecule has 0 spiro atoms. The maximum atomic E-state index is 13.0. The lowest BCUT2D eigenvalue weighted by Crippen LogP contribution is -2.43. The lowest BCUT2D eigenvalue weighted by atomic mass is 9.98. The molecular weight excluding hydrogens is 344 g/mol. The van der Waals surface area contributed by atoms with Gasteiger partial charge in [-0.25, -0.2) is 0 Å². The fourth-order valence-electron chi connectivity index (χ4n) is 4.51. The average Bonchev–Trinajstić information content (AvgIpc) is 3.19. The fraction of sp³-hybridized carbons (Fsp3) is 0.667. The highest BCUT2D eigenvalue weighted by molar-refractivity contribution is 5.79. The second-order valence-corrected chi connectivity index (χ2v) is 7.82. The summed E-state index contributed by atoms with van der Waals surface area (Å²) in [5.74, 6) is 2.49. The van der Waals surface area contributed by atoms with E-state index in [0.717, 1.165) is 69.0 Å². The van der Waals surface area contributed by atoms with Crippen LogP contribution < -0.4 is 9.47 Å². The minimum atomic E-state index is 0.152. The van der Waals surface area contributed by atoms with Crippen LogP contribution >= 0.6 is 0 Å². The van der Waals surface area contributed by atoms with Gasteiger partial charge in [-0.15, -0.1) is 0 Å². The van der Waals surface area contributed by atoms with E-state index in [2.05, 4.69) is 21.9 Å². The fourth-order valence-corrected chi connectivity index (χ4v) is 4.51. The maximum absolute atomic E-state index is 13.0. The summed E-state index contributed by atoms with van der Waals surface area (Å²) in [4.78, 5) is 17.4. The van der Waals surface area contributed by atoms with Gasteiger partial charge in [0, 0.05) is 20.3 Å². The molecule has 6 nitrogen and oxygen atoms in total. The zero-order chi connectivity index (χ0) is 18.6. The van der Waals surface area contributed by atoms with Crippen molar-refractivity contribution in [3.8, 4) is 11.5 Å². The van der Waals surface area contributed by atoms with Crippen molar-refractivity contribution in [2.45, 2.75) is 31.7 Å². The minimum absolute atomic E-state index is 0.152. The van der Waals surface area contributed by atoms with Gasteiger partial charge in [0.15, 0.2) is 11.5 Å². The first-order valence-electron chi connectivity index (χ1n) is 10.1. The van der Waals surface area contributed by atoms with Crippen LogP contribution in [0.3, 0.4) is 0 Å². The molecular formula is C21H30N2O4. The van der Waals surface area contributed by atoms with Crippen LogP contribution in [-0.2, 0) is 9.53 Å². The Balaban J connectivity index is 1.37. The highest BCUT2D eigenvalue weighted by Crippen LogP contribution is 2.38. The van der Waals surface area contributed by atoms with E-state index in [1.165, 1.54) is 0 Å². The SMILES string of the molecule is COCC1CCN(CC(=O)N2CCC[C@H]2c2ccc3c(c2)OCCO3)CC1. The Bertz CT molecular complexity index is 658. The Morgan fingerprint density at radius 3 is 2.67 bits per heavy atom. The van der Waals surface area contributed by atoms with Crippen molar-refractivity contribution in [3.63, 3.8) is 0 Å². The molecule has 0 radical (unpaired) electrons. The lowest BCUT2D eigenvalue weighted by molar-refractivity contribution is -0.133. The molecule has 1 amide bonds. The zero-order valence-corrected chi connectivity index (χ0v) is 16.2. The largest absolute Gasteiger partial charge is 0.486 e. The Labute approximate surface area is 161 Å². The molecule has 4 rings (SSSR count). The number of amides is 1. The molecule has 0 aliphatic carbocycles. The molecule has 2 saturated heterocycles. The van der Waals surface area contributed by atoms with Crippen LogP contribution in [-0.4, -0.2) is 68.8 Å². The van der Waals surface area contributed by atoms with E-state index in [9.17, 15) is 4.79 Å². The smallest absolute Gasteiger partial charge is 0.237 e. The number of carbonyl (C=O) groups excluding carboxylic acids is 1. The number of nitrogens with zero attached hydrogens (tertiary/aromatic N) is 2. The van der Waals surface area contributed by atoms with Gasteiger partial charge in [-0.2, -0.15) is 0 Å². The molecule has 1 aromatic rings. The van der Waals surface area contributed by atoms with Crippen LogP contribution in [0.4, 0.5) is 0 Å². The summed E-state index contributed by atoms with van der Waals surface area (Å²) in [5.41, 5.74) is 1.16. The number of fused-ring (bicyclic) bond motifs is 1. The van der Waals surface area contributed by atoms with Crippen LogP contribution in [0, 0.1) is 5.92 Å². The number of benzene rings is 1. The van der Waals surface area contributed by atoms with E-state index >= 15 is 0 Å². The van der Waals surface area contributed by atoms with Crippen molar-refractivity contribution in [3.05, 3.63) is 23.8 Å². The van der Waals surface area contributed by atoms with Crippen molar-refractivity contribution in [1.29, 1.82) is 0 Å². The first-order chi connectivity index (χ1) is 13.2. The summed E-state index contributed by atoms with van der Waals surface area (Å²) in [5, 5.41) is 0. The van der Waals surface area contributed by atoms with Crippen molar-refractivity contribution in [1.82, 2.24) is 9.80 Å². The number of carbonyl (C=O) groups is 1. The third kappa shape index (κ3) is 4.22. The first-order valence-corrected chi connectivity index (χ1v) is 10.1. The number of rotatable bonds is 5. The molecule has 0 bridgehead atoms. The van der Waals surface area contributed by atoms with Gasteiger partial charge >= 0.3 is 0 Å². The predicted molar refractivity (Wildman–Crippen MR) is 102 cm³/mol. The van der Waals surface area contributed by atoms with Gasteiger partial charge in [0.25, 0.3) is 0 Å². The summed E-state index contributed by atoms with van der Waals surface area (Å²) in [7, 11) is 1.77. The van der Waals surface area contributed by atoms with Gasteiger partial charge in [-0.05, 0) is 62.4 Å². The first kappa shape index (κ1) is 18.6. The Kier molecular flexibility index (Phi) is 5.83. The zero-order valence-electron chi connectivity index (χ0n) is 16.2. The molecule has 148 valence electrons. The third-order valence-electron chi connectivity index (χ3n) is 5.99. The standard InChI is InChI=1S/C21H30N2O4/c1-25-15-16-6-9-22(10-7-16)14-21(24)23-8-2-3-18(23)17-4-5-19-20(13-17)27-12-11-26-19/h4-5,13,16,18H,2-3,6-12,14-15H2,1H3/t18-/m0/s1. The van der Waals surface area contributed by atoms with E-state index in [1.807, 2.05) is 6.07 Å². The molecule has 3 aliphatic heterocycles. The summed E-state index contributed by atoms with van der Waals surface area (Å²) >= 11 is 0. The van der Waals surface area contributed by atoms with Crippen molar-refractivity contribution < 1.29 is 19.0 Å².